The highest BCUT2D eigenvalue weighted by Crippen LogP contribution is 2.33. The van der Waals surface area contributed by atoms with Crippen molar-refractivity contribution in [1.82, 2.24) is 25.0 Å². The third-order valence-electron chi connectivity index (χ3n) is 9.47. The number of aryl methyl sites for hydroxylation is 1. The van der Waals surface area contributed by atoms with Crippen molar-refractivity contribution in [3.8, 4) is 16.9 Å². The topological polar surface area (TPSA) is 87.8 Å². The number of fused-ring (bicyclic) bond motifs is 1. The SMILES string of the molecule is COc1ccc(-c2cn(CCCNC(=O)C3(N)CCNCC3)c3ccc(CN4CCN(Cc5c(Cl)cccc5Cl)CC4)cc23)cc1. The predicted molar refractivity (Wildman–Crippen MR) is 188 cm³/mol. The maximum atomic E-state index is 12.8. The number of carbonyl (C=O) groups is 1. The molecule has 0 unspecified atom stereocenters. The Labute approximate surface area is 281 Å². The lowest BCUT2D eigenvalue weighted by atomic mass is 9.88. The first-order valence-electron chi connectivity index (χ1n) is 16.2. The van der Waals surface area contributed by atoms with Gasteiger partial charge in [0.2, 0.25) is 5.91 Å². The number of nitrogens with zero attached hydrogens (tertiary/aromatic N) is 3. The molecule has 1 amide bonds. The normalized spacial score (nSPS) is 17.3. The van der Waals surface area contributed by atoms with Crippen LogP contribution in [0.2, 0.25) is 10.0 Å². The number of aromatic nitrogens is 1. The standard InChI is InChI=1S/C36H44Cl2N6O2/c1-46-28-9-7-27(8-10-28)30-25-44(17-3-14-41-35(45)36(39)12-15-40-16-13-36)34-11-6-26(22-29(30)34)23-42-18-20-43(21-19-42)24-31-32(37)4-2-5-33(31)38/h2,4-11,22,25,40H,3,12-21,23-24,39H2,1H3,(H,41,45). The number of hydrogen-bond donors (Lipinski definition) is 3. The van der Waals surface area contributed by atoms with Gasteiger partial charge in [-0.2, -0.15) is 0 Å². The molecule has 46 heavy (non-hydrogen) atoms. The molecule has 4 N–H and O–H groups in total. The number of methoxy groups -OCH3 is 1. The molecule has 244 valence electrons. The van der Waals surface area contributed by atoms with Crippen molar-refractivity contribution in [3.63, 3.8) is 0 Å². The van der Waals surface area contributed by atoms with Gasteiger partial charge in [-0.15, -0.1) is 0 Å². The molecule has 4 aromatic rings. The minimum atomic E-state index is -0.765. The van der Waals surface area contributed by atoms with Gasteiger partial charge in [0.25, 0.3) is 0 Å². The maximum absolute atomic E-state index is 12.8. The van der Waals surface area contributed by atoms with E-state index < -0.39 is 5.54 Å². The predicted octanol–water partition coefficient (Wildman–Crippen LogP) is 5.53. The van der Waals surface area contributed by atoms with E-state index in [0.29, 0.717) is 19.4 Å². The van der Waals surface area contributed by atoms with Crippen molar-refractivity contribution in [2.45, 2.75) is 44.4 Å². The van der Waals surface area contributed by atoms with Crippen LogP contribution in [-0.2, 0) is 24.4 Å². The number of benzene rings is 3. The summed E-state index contributed by atoms with van der Waals surface area (Å²) in [7, 11) is 1.69. The third-order valence-corrected chi connectivity index (χ3v) is 10.2. The molecule has 2 fully saturated rings. The molecule has 8 nitrogen and oxygen atoms in total. The van der Waals surface area contributed by atoms with Gasteiger partial charge in [0.1, 0.15) is 5.75 Å². The molecule has 3 heterocycles. The van der Waals surface area contributed by atoms with Crippen LogP contribution >= 0.6 is 23.2 Å². The number of piperazine rings is 1. The molecule has 0 spiro atoms. The van der Waals surface area contributed by atoms with E-state index in [0.717, 1.165) is 92.2 Å². The van der Waals surface area contributed by atoms with Crippen LogP contribution in [0.4, 0.5) is 0 Å². The summed E-state index contributed by atoms with van der Waals surface area (Å²) >= 11 is 12.9. The number of rotatable bonds is 11. The maximum Gasteiger partial charge on any atom is 0.240 e. The van der Waals surface area contributed by atoms with Crippen molar-refractivity contribution in [1.29, 1.82) is 0 Å². The van der Waals surface area contributed by atoms with E-state index in [4.69, 9.17) is 33.7 Å². The smallest absolute Gasteiger partial charge is 0.240 e. The van der Waals surface area contributed by atoms with Crippen LogP contribution in [0.1, 0.15) is 30.4 Å². The number of hydrogen-bond acceptors (Lipinski definition) is 6. The lowest BCUT2D eigenvalue weighted by molar-refractivity contribution is -0.127. The molecule has 0 aliphatic carbocycles. The Hall–Kier alpha value is -3.11. The van der Waals surface area contributed by atoms with Crippen LogP contribution < -0.4 is 21.1 Å². The zero-order chi connectivity index (χ0) is 32.1. The van der Waals surface area contributed by atoms with Gasteiger partial charge < -0.3 is 25.7 Å². The van der Waals surface area contributed by atoms with Crippen LogP contribution in [0.5, 0.6) is 5.75 Å². The van der Waals surface area contributed by atoms with Crippen molar-refractivity contribution in [2.24, 2.45) is 5.73 Å². The van der Waals surface area contributed by atoms with Gasteiger partial charge in [0.15, 0.2) is 0 Å². The zero-order valence-corrected chi connectivity index (χ0v) is 28.0. The Morgan fingerprint density at radius 3 is 2.30 bits per heavy atom. The van der Waals surface area contributed by atoms with Gasteiger partial charge in [0.05, 0.1) is 12.6 Å². The zero-order valence-electron chi connectivity index (χ0n) is 26.5. The van der Waals surface area contributed by atoms with E-state index in [9.17, 15) is 4.79 Å². The Morgan fingerprint density at radius 2 is 1.63 bits per heavy atom. The van der Waals surface area contributed by atoms with E-state index in [1.807, 2.05) is 30.3 Å². The summed E-state index contributed by atoms with van der Waals surface area (Å²) in [6.07, 6.45) is 4.40. The molecule has 0 bridgehead atoms. The second-order valence-electron chi connectivity index (χ2n) is 12.6. The molecule has 1 aromatic heterocycles. The van der Waals surface area contributed by atoms with Crippen LogP contribution in [0.25, 0.3) is 22.0 Å². The molecule has 6 rings (SSSR count). The second kappa shape index (κ2) is 14.8. The monoisotopic (exact) mass is 662 g/mol. The first-order chi connectivity index (χ1) is 22.3. The second-order valence-corrected chi connectivity index (χ2v) is 13.4. The summed E-state index contributed by atoms with van der Waals surface area (Å²) in [6.45, 7) is 8.52. The largest absolute Gasteiger partial charge is 0.497 e. The van der Waals surface area contributed by atoms with Gasteiger partial charge in [-0.25, -0.2) is 0 Å². The molecular formula is C36H44Cl2N6O2. The molecule has 3 aromatic carbocycles. The molecule has 0 radical (unpaired) electrons. The number of halogens is 2. The number of nitrogens with one attached hydrogen (secondary N) is 2. The fraction of sp³-hybridized carbons (Fsp3) is 0.417. The summed E-state index contributed by atoms with van der Waals surface area (Å²) in [5.74, 6) is 0.801. The van der Waals surface area contributed by atoms with Crippen LogP contribution in [0.15, 0.2) is 66.9 Å². The molecule has 2 saturated heterocycles. The average Bonchev–Trinajstić information content (AvgIpc) is 3.43. The van der Waals surface area contributed by atoms with Gasteiger partial charge in [0, 0.05) is 90.6 Å². The number of amides is 1. The number of nitrogens with two attached hydrogens (primary N) is 1. The minimum Gasteiger partial charge on any atom is -0.497 e. The van der Waals surface area contributed by atoms with Crippen molar-refractivity contribution < 1.29 is 9.53 Å². The molecule has 0 saturated carbocycles. The lowest BCUT2D eigenvalue weighted by Crippen LogP contribution is -2.59. The Bertz CT molecular complexity index is 1620. The van der Waals surface area contributed by atoms with E-state index in [1.165, 1.54) is 22.0 Å². The van der Waals surface area contributed by atoms with E-state index in [2.05, 4.69) is 61.5 Å². The number of carbonyl (C=O) groups excluding carboxylic acids is 1. The fourth-order valence-electron chi connectivity index (χ4n) is 6.63. The lowest BCUT2D eigenvalue weighted by Gasteiger charge is -2.35. The molecular weight excluding hydrogens is 619 g/mol. The van der Waals surface area contributed by atoms with E-state index >= 15 is 0 Å². The van der Waals surface area contributed by atoms with Gasteiger partial charge in [-0.05, 0) is 79.9 Å². The summed E-state index contributed by atoms with van der Waals surface area (Å²) in [5.41, 5.74) is 11.5. The van der Waals surface area contributed by atoms with Crippen LogP contribution in [0.3, 0.4) is 0 Å². The highest BCUT2D eigenvalue weighted by atomic mass is 35.5. The average molecular weight is 664 g/mol. The van der Waals surface area contributed by atoms with E-state index in [1.54, 1.807) is 7.11 Å². The Kier molecular flexibility index (Phi) is 10.5. The van der Waals surface area contributed by atoms with Crippen LogP contribution in [0, 0.1) is 0 Å². The molecule has 10 heteroatoms. The highest BCUT2D eigenvalue weighted by Gasteiger charge is 2.34. The molecule has 2 aliphatic rings. The summed E-state index contributed by atoms with van der Waals surface area (Å²) < 4.78 is 7.73. The molecule has 0 atom stereocenters. The summed E-state index contributed by atoms with van der Waals surface area (Å²) in [6, 6.07) is 20.8. The third kappa shape index (κ3) is 7.54. The van der Waals surface area contributed by atoms with Crippen molar-refractivity contribution in [3.05, 3.63) is 88.0 Å². The highest BCUT2D eigenvalue weighted by molar-refractivity contribution is 6.36. The number of ether oxygens (including phenoxy) is 1. The molecule has 2 aliphatic heterocycles. The first-order valence-corrected chi connectivity index (χ1v) is 17.0. The quantitative estimate of drug-likeness (QED) is 0.183. The van der Waals surface area contributed by atoms with E-state index in [-0.39, 0.29) is 5.91 Å². The Morgan fingerprint density at radius 1 is 0.957 bits per heavy atom. The Balaban J connectivity index is 1.13. The fourth-order valence-corrected chi connectivity index (χ4v) is 7.14. The number of piperidine rings is 1. The van der Waals surface area contributed by atoms with Crippen molar-refractivity contribution >= 4 is 40.0 Å². The van der Waals surface area contributed by atoms with Crippen LogP contribution in [-0.4, -0.2) is 78.7 Å². The van der Waals surface area contributed by atoms with Crippen molar-refractivity contribution in [2.75, 3.05) is 52.9 Å². The first kappa shape index (κ1) is 32.8. The van der Waals surface area contributed by atoms with Gasteiger partial charge >= 0.3 is 0 Å². The van der Waals surface area contributed by atoms with Gasteiger partial charge in [-0.1, -0.05) is 47.5 Å². The minimum absolute atomic E-state index is 0.0385. The summed E-state index contributed by atoms with van der Waals surface area (Å²) in [5, 5.41) is 9.07. The summed E-state index contributed by atoms with van der Waals surface area (Å²) in [4.78, 5) is 17.8. The van der Waals surface area contributed by atoms with Gasteiger partial charge in [-0.3, -0.25) is 14.6 Å².